The number of benzene rings is 1. The van der Waals surface area contributed by atoms with Crippen molar-refractivity contribution in [2.75, 3.05) is 31.6 Å². The number of likely N-dealkylation sites (N-methyl/N-ethyl adjacent to an activating group) is 1. The van der Waals surface area contributed by atoms with Crippen molar-refractivity contribution in [1.82, 2.24) is 10.3 Å². The molecule has 2 heterocycles. The van der Waals surface area contributed by atoms with Gasteiger partial charge in [0.1, 0.15) is 5.82 Å². The van der Waals surface area contributed by atoms with Gasteiger partial charge < -0.3 is 15.0 Å². The molecule has 138 valence electrons. The van der Waals surface area contributed by atoms with Crippen molar-refractivity contribution in [3.8, 4) is 0 Å². The molecule has 0 bridgehead atoms. The SMILES string of the molecule is CNC(=O)COC(=O)CCC1CCN(c2nccc3ccccc23)CC1. The Hall–Kier alpha value is -2.63. The normalized spacial score (nSPS) is 15.0. The Balaban J connectivity index is 1.48. The Kier molecular flexibility index (Phi) is 6.04. The van der Waals surface area contributed by atoms with Crippen LogP contribution < -0.4 is 10.2 Å². The van der Waals surface area contributed by atoms with Gasteiger partial charge in [-0.3, -0.25) is 9.59 Å². The molecule has 6 nitrogen and oxygen atoms in total. The van der Waals surface area contributed by atoms with Crippen molar-refractivity contribution in [3.63, 3.8) is 0 Å². The summed E-state index contributed by atoms with van der Waals surface area (Å²) in [6.45, 7) is 1.69. The van der Waals surface area contributed by atoms with Crippen LogP contribution in [0.25, 0.3) is 10.8 Å². The van der Waals surface area contributed by atoms with E-state index in [0.717, 1.165) is 38.2 Å². The third-order valence-corrected chi connectivity index (χ3v) is 4.97. The Morgan fingerprint density at radius 2 is 2.00 bits per heavy atom. The van der Waals surface area contributed by atoms with E-state index in [4.69, 9.17) is 4.74 Å². The van der Waals surface area contributed by atoms with Crippen molar-refractivity contribution in [2.45, 2.75) is 25.7 Å². The Bertz CT molecular complexity index is 764. The molecule has 1 aromatic heterocycles. The predicted molar refractivity (Wildman–Crippen MR) is 101 cm³/mol. The van der Waals surface area contributed by atoms with Gasteiger partial charge in [-0.15, -0.1) is 0 Å². The smallest absolute Gasteiger partial charge is 0.306 e. The maximum Gasteiger partial charge on any atom is 0.306 e. The average Bonchev–Trinajstić information content (AvgIpc) is 2.70. The van der Waals surface area contributed by atoms with Crippen LogP contribution in [0.2, 0.25) is 0 Å². The highest BCUT2D eigenvalue weighted by Gasteiger charge is 2.22. The van der Waals surface area contributed by atoms with Gasteiger partial charge in [0.25, 0.3) is 5.91 Å². The molecule has 1 N–H and O–H groups in total. The molecule has 1 aliphatic rings. The lowest BCUT2D eigenvalue weighted by atomic mass is 9.92. The van der Waals surface area contributed by atoms with E-state index in [1.807, 2.05) is 24.4 Å². The molecule has 0 aliphatic carbocycles. The molecular weight excluding hydrogens is 330 g/mol. The summed E-state index contributed by atoms with van der Waals surface area (Å²) in [6.07, 6.45) is 5.12. The zero-order valence-corrected chi connectivity index (χ0v) is 15.1. The highest BCUT2D eigenvalue weighted by molar-refractivity contribution is 5.92. The van der Waals surface area contributed by atoms with Gasteiger partial charge >= 0.3 is 5.97 Å². The topological polar surface area (TPSA) is 71.5 Å². The number of hydrogen-bond donors (Lipinski definition) is 1. The first-order chi connectivity index (χ1) is 12.7. The van der Waals surface area contributed by atoms with Crippen molar-refractivity contribution < 1.29 is 14.3 Å². The summed E-state index contributed by atoms with van der Waals surface area (Å²) in [4.78, 5) is 29.7. The van der Waals surface area contributed by atoms with E-state index in [2.05, 4.69) is 27.3 Å². The molecule has 1 aliphatic heterocycles. The number of nitrogens with one attached hydrogen (secondary N) is 1. The number of anilines is 1. The lowest BCUT2D eigenvalue weighted by Gasteiger charge is -2.33. The third kappa shape index (κ3) is 4.50. The average molecular weight is 355 g/mol. The Labute approximate surface area is 153 Å². The molecule has 1 aromatic carbocycles. The number of amides is 1. The molecule has 6 heteroatoms. The number of carbonyl (C=O) groups is 2. The Morgan fingerprint density at radius 3 is 2.77 bits per heavy atom. The van der Waals surface area contributed by atoms with Gasteiger partial charge in [-0.2, -0.15) is 0 Å². The van der Waals surface area contributed by atoms with Crippen LogP contribution in [0.4, 0.5) is 5.82 Å². The van der Waals surface area contributed by atoms with E-state index in [1.54, 1.807) is 0 Å². The van der Waals surface area contributed by atoms with E-state index in [9.17, 15) is 9.59 Å². The van der Waals surface area contributed by atoms with Crippen LogP contribution in [0.1, 0.15) is 25.7 Å². The minimum Gasteiger partial charge on any atom is -0.456 e. The molecule has 2 aromatic rings. The van der Waals surface area contributed by atoms with Crippen LogP contribution in [0.15, 0.2) is 36.5 Å². The lowest BCUT2D eigenvalue weighted by Crippen LogP contribution is -2.34. The van der Waals surface area contributed by atoms with Gasteiger partial charge in [0.05, 0.1) is 0 Å². The van der Waals surface area contributed by atoms with Crippen LogP contribution in [-0.4, -0.2) is 43.6 Å². The second-order valence-electron chi connectivity index (χ2n) is 6.66. The fraction of sp³-hybridized carbons (Fsp3) is 0.450. The minimum atomic E-state index is -0.299. The van der Waals surface area contributed by atoms with E-state index in [-0.39, 0.29) is 18.5 Å². The van der Waals surface area contributed by atoms with Gasteiger partial charge in [0.15, 0.2) is 6.61 Å². The number of fused-ring (bicyclic) bond motifs is 1. The van der Waals surface area contributed by atoms with Crippen molar-refractivity contribution >= 4 is 28.5 Å². The van der Waals surface area contributed by atoms with Gasteiger partial charge in [-0.1, -0.05) is 24.3 Å². The van der Waals surface area contributed by atoms with Crippen LogP contribution in [0.5, 0.6) is 0 Å². The molecule has 0 atom stereocenters. The van der Waals surface area contributed by atoms with Crippen molar-refractivity contribution in [2.24, 2.45) is 5.92 Å². The predicted octanol–water partition coefficient (Wildman–Crippen LogP) is 2.52. The highest BCUT2D eigenvalue weighted by Crippen LogP contribution is 2.29. The monoisotopic (exact) mass is 355 g/mol. The maximum atomic E-state index is 11.7. The summed E-state index contributed by atoms with van der Waals surface area (Å²) >= 11 is 0. The van der Waals surface area contributed by atoms with Crippen molar-refractivity contribution in [1.29, 1.82) is 0 Å². The highest BCUT2D eigenvalue weighted by atomic mass is 16.5. The fourth-order valence-corrected chi connectivity index (χ4v) is 3.40. The first kappa shape index (κ1) is 18.2. The van der Waals surface area contributed by atoms with Crippen LogP contribution in [-0.2, 0) is 14.3 Å². The summed E-state index contributed by atoms with van der Waals surface area (Å²) in [6, 6.07) is 10.4. The van der Waals surface area contributed by atoms with Crippen LogP contribution >= 0.6 is 0 Å². The molecule has 0 radical (unpaired) electrons. The molecule has 0 spiro atoms. The third-order valence-electron chi connectivity index (χ3n) is 4.97. The molecular formula is C20H25N3O3. The van der Waals surface area contributed by atoms with Crippen molar-refractivity contribution in [3.05, 3.63) is 36.5 Å². The maximum absolute atomic E-state index is 11.7. The van der Waals surface area contributed by atoms with E-state index < -0.39 is 0 Å². The molecule has 0 unspecified atom stereocenters. The molecule has 3 rings (SSSR count). The first-order valence-corrected chi connectivity index (χ1v) is 9.12. The number of carbonyl (C=O) groups excluding carboxylic acids is 2. The zero-order chi connectivity index (χ0) is 18.4. The number of pyridine rings is 1. The number of ether oxygens (including phenoxy) is 1. The number of esters is 1. The van der Waals surface area contributed by atoms with Crippen LogP contribution in [0, 0.1) is 5.92 Å². The number of rotatable bonds is 6. The molecule has 1 saturated heterocycles. The summed E-state index contributed by atoms with van der Waals surface area (Å²) in [5.74, 6) is 0.973. The van der Waals surface area contributed by atoms with Gasteiger partial charge in [-0.05, 0) is 36.6 Å². The van der Waals surface area contributed by atoms with E-state index in [1.165, 1.54) is 17.8 Å². The second kappa shape index (κ2) is 8.65. The van der Waals surface area contributed by atoms with Gasteiger partial charge in [-0.25, -0.2) is 4.98 Å². The number of nitrogens with zero attached hydrogens (tertiary/aromatic N) is 2. The van der Waals surface area contributed by atoms with Crippen LogP contribution in [0.3, 0.4) is 0 Å². The standard InChI is InChI=1S/C20H25N3O3/c1-21-18(24)14-26-19(25)7-6-15-9-12-23(13-10-15)20-17-5-3-2-4-16(17)8-11-22-20/h2-5,8,11,15H,6-7,9-10,12-14H2,1H3,(H,21,24). The molecule has 26 heavy (non-hydrogen) atoms. The van der Waals surface area contributed by atoms with E-state index >= 15 is 0 Å². The van der Waals surface area contributed by atoms with E-state index in [0.29, 0.717) is 12.3 Å². The minimum absolute atomic E-state index is 0.194. The number of hydrogen-bond acceptors (Lipinski definition) is 5. The molecule has 0 saturated carbocycles. The van der Waals surface area contributed by atoms with Gasteiger partial charge in [0.2, 0.25) is 0 Å². The summed E-state index contributed by atoms with van der Waals surface area (Å²) in [5, 5.41) is 4.82. The number of aromatic nitrogens is 1. The quantitative estimate of drug-likeness (QED) is 0.806. The lowest BCUT2D eigenvalue weighted by molar-refractivity contribution is -0.148. The number of piperidine rings is 1. The largest absolute Gasteiger partial charge is 0.456 e. The first-order valence-electron chi connectivity index (χ1n) is 9.12. The van der Waals surface area contributed by atoms with Gasteiger partial charge in [0, 0.05) is 38.1 Å². The summed E-state index contributed by atoms with van der Waals surface area (Å²) in [5.41, 5.74) is 0. The summed E-state index contributed by atoms with van der Waals surface area (Å²) in [7, 11) is 1.52. The summed E-state index contributed by atoms with van der Waals surface area (Å²) < 4.78 is 4.95. The molecule has 1 fully saturated rings. The Morgan fingerprint density at radius 1 is 1.23 bits per heavy atom. The fourth-order valence-electron chi connectivity index (χ4n) is 3.40. The molecule has 1 amide bonds. The second-order valence-corrected chi connectivity index (χ2v) is 6.66. The zero-order valence-electron chi connectivity index (χ0n) is 15.1.